The third-order valence-electron chi connectivity index (χ3n) is 3.68. The molecular formula is C21H18O3S. The van der Waals surface area contributed by atoms with Crippen molar-refractivity contribution in [2.24, 2.45) is 0 Å². The molecule has 0 spiro atoms. The van der Waals surface area contributed by atoms with E-state index < -0.39 is 9.84 Å². The van der Waals surface area contributed by atoms with Gasteiger partial charge in [-0.15, -0.1) is 0 Å². The van der Waals surface area contributed by atoms with Crippen molar-refractivity contribution in [1.82, 2.24) is 0 Å². The fraction of sp³-hybridized carbons (Fsp3) is 0.0476. The van der Waals surface area contributed by atoms with Crippen LogP contribution in [0.2, 0.25) is 0 Å². The van der Waals surface area contributed by atoms with Gasteiger partial charge in [-0.1, -0.05) is 78.9 Å². The Morgan fingerprint density at radius 1 is 0.760 bits per heavy atom. The van der Waals surface area contributed by atoms with Crippen LogP contribution >= 0.6 is 0 Å². The minimum absolute atomic E-state index is 0.148. The van der Waals surface area contributed by atoms with Crippen molar-refractivity contribution < 1.29 is 13.2 Å². The minimum atomic E-state index is -3.67. The summed E-state index contributed by atoms with van der Waals surface area (Å²) in [6.45, 7) is 0.307. The van der Waals surface area contributed by atoms with E-state index in [1.165, 1.54) is 6.26 Å². The number of ether oxygens (including phenoxy) is 1. The molecule has 0 fully saturated rings. The van der Waals surface area contributed by atoms with Gasteiger partial charge in [0, 0.05) is 0 Å². The normalized spacial score (nSPS) is 11.9. The van der Waals surface area contributed by atoms with E-state index in [2.05, 4.69) is 0 Å². The first-order valence-corrected chi connectivity index (χ1v) is 9.37. The number of benzene rings is 3. The summed E-state index contributed by atoms with van der Waals surface area (Å²) in [6, 6.07) is 27.0. The van der Waals surface area contributed by atoms with Gasteiger partial charge >= 0.3 is 0 Å². The quantitative estimate of drug-likeness (QED) is 0.607. The number of sulfone groups is 1. The number of hydrogen-bond donors (Lipinski definition) is 0. The van der Waals surface area contributed by atoms with Gasteiger partial charge in [0.1, 0.15) is 17.8 Å². The van der Waals surface area contributed by atoms with Crippen LogP contribution in [-0.4, -0.2) is 8.42 Å². The van der Waals surface area contributed by atoms with Crippen molar-refractivity contribution in [2.45, 2.75) is 11.5 Å². The molecule has 126 valence electrons. The molecule has 0 aliphatic rings. The second-order valence-electron chi connectivity index (χ2n) is 5.46. The Hall–Kier alpha value is -2.85. The molecule has 0 aliphatic heterocycles. The zero-order valence-electron chi connectivity index (χ0n) is 13.6. The first-order valence-electron chi connectivity index (χ1n) is 7.89. The molecule has 4 heteroatoms. The van der Waals surface area contributed by atoms with Crippen molar-refractivity contribution in [3.8, 4) is 0 Å². The van der Waals surface area contributed by atoms with Crippen LogP contribution in [0.3, 0.4) is 0 Å². The van der Waals surface area contributed by atoms with Crippen molar-refractivity contribution in [1.29, 1.82) is 0 Å². The molecule has 3 nitrogen and oxygen atoms in total. The molecular weight excluding hydrogens is 332 g/mol. The average Bonchev–Trinajstić information content (AvgIpc) is 2.67. The van der Waals surface area contributed by atoms with Gasteiger partial charge in [-0.25, -0.2) is 8.42 Å². The highest BCUT2D eigenvalue weighted by Crippen LogP contribution is 2.28. The van der Waals surface area contributed by atoms with E-state index >= 15 is 0 Å². The summed E-state index contributed by atoms with van der Waals surface area (Å²) in [5.41, 5.74) is 1.57. The van der Waals surface area contributed by atoms with Crippen LogP contribution in [0.4, 0.5) is 0 Å². The highest BCUT2D eigenvalue weighted by Gasteiger charge is 2.22. The van der Waals surface area contributed by atoms with E-state index in [1.54, 1.807) is 54.6 Å². The maximum Gasteiger partial charge on any atom is 0.210 e. The Balaban J connectivity index is 1.95. The molecule has 0 atom stereocenters. The van der Waals surface area contributed by atoms with Gasteiger partial charge in [0.05, 0.1) is 4.90 Å². The summed E-state index contributed by atoms with van der Waals surface area (Å²) in [5, 5.41) is 0. The van der Waals surface area contributed by atoms with Crippen molar-refractivity contribution in [2.75, 3.05) is 0 Å². The largest absolute Gasteiger partial charge is 0.495 e. The van der Waals surface area contributed by atoms with Crippen LogP contribution in [0, 0.1) is 0 Å². The average molecular weight is 350 g/mol. The monoisotopic (exact) mass is 350 g/mol. The Kier molecular flexibility index (Phi) is 5.31. The molecule has 3 rings (SSSR count). The predicted octanol–water partition coefficient (Wildman–Crippen LogP) is 4.68. The van der Waals surface area contributed by atoms with Crippen molar-refractivity contribution in [3.63, 3.8) is 0 Å². The van der Waals surface area contributed by atoms with Gasteiger partial charge in [-0.05, 0) is 23.3 Å². The zero-order chi connectivity index (χ0) is 17.5. The molecule has 0 aromatic heterocycles. The first-order chi connectivity index (χ1) is 12.2. The molecule has 0 unspecified atom stereocenters. The van der Waals surface area contributed by atoms with Crippen molar-refractivity contribution in [3.05, 3.63) is 108 Å². The van der Waals surface area contributed by atoms with Crippen LogP contribution in [0.15, 0.2) is 102 Å². The summed E-state index contributed by atoms with van der Waals surface area (Å²) in [6.07, 6.45) is 1.34. The highest BCUT2D eigenvalue weighted by molar-refractivity contribution is 8.00. The van der Waals surface area contributed by atoms with Gasteiger partial charge in [0.2, 0.25) is 9.84 Å². The lowest BCUT2D eigenvalue weighted by Gasteiger charge is -2.10. The van der Waals surface area contributed by atoms with E-state index in [0.717, 1.165) is 5.56 Å². The molecule has 0 bridgehead atoms. The van der Waals surface area contributed by atoms with Gasteiger partial charge in [0.25, 0.3) is 0 Å². The standard InChI is InChI=1S/C21H18O3S/c22-25(23,20-14-8-3-9-15-20)21(19-12-6-2-7-13-19)17-24-16-18-10-4-1-5-11-18/h1-15,17H,16H2/b21-17-. The molecule has 25 heavy (non-hydrogen) atoms. The van der Waals surface area contributed by atoms with Crippen LogP contribution in [0.25, 0.3) is 4.91 Å². The number of rotatable bonds is 6. The van der Waals surface area contributed by atoms with Gasteiger partial charge < -0.3 is 4.74 Å². The maximum absolute atomic E-state index is 13.0. The van der Waals surface area contributed by atoms with Crippen LogP contribution in [0.5, 0.6) is 0 Å². The Bertz CT molecular complexity index is 932. The van der Waals surface area contributed by atoms with Gasteiger partial charge in [-0.3, -0.25) is 0 Å². The molecule has 0 saturated heterocycles. The lowest BCUT2D eigenvalue weighted by atomic mass is 10.2. The zero-order valence-corrected chi connectivity index (χ0v) is 14.4. The van der Waals surface area contributed by atoms with E-state index in [1.807, 2.05) is 36.4 Å². The molecule has 3 aromatic rings. The highest BCUT2D eigenvalue weighted by atomic mass is 32.2. The molecule has 0 radical (unpaired) electrons. The Morgan fingerprint density at radius 3 is 1.88 bits per heavy atom. The van der Waals surface area contributed by atoms with Crippen molar-refractivity contribution >= 4 is 14.7 Å². The summed E-state index contributed by atoms with van der Waals surface area (Å²) in [5.74, 6) is 0. The van der Waals surface area contributed by atoms with Crippen LogP contribution < -0.4 is 0 Å². The van der Waals surface area contributed by atoms with Crippen LogP contribution in [-0.2, 0) is 21.2 Å². The summed E-state index contributed by atoms with van der Waals surface area (Å²) < 4.78 is 31.7. The fourth-order valence-electron chi connectivity index (χ4n) is 2.40. The predicted molar refractivity (Wildman–Crippen MR) is 99.3 cm³/mol. The lowest BCUT2D eigenvalue weighted by Crippen LogP contribution is -2.05. The van der Waals surface area contributed by atoms with Gasteiger partial charge in [0.15, 0.2) is 0 Å². The third kappa shape index (κ3) is 4.17. The second-order valence-corrected chi connectivity index (χ2v) is 7.38. The molecule has 3 aromatic carbocycles. The smallest absolute Gasteiger partial charge is 0.210 e. The van der Waals surface area contributed by atoms with Gasteiger partial charge in [-0.2, -0.15) is 0 Å². The summed E-state index contributed by atoms with van der Waals surface area (Å²) in [4.78, 5) is 0.392. The van der Waals surface area contributed by atoms with E-state index in [0.29, 0.717) is 12.2 Å². The SMILES string of the molecule is O=S(=O)(/C(=C\OCc1ccccc1)c1ccccc1)c1ccccc1. The Labute approximate surface area is 148 Å². The molecule has 0 N–H and O–H groups in total. The number of hydrogen-bond acceptors (Lipinski definition) is 3. The topological polar surface area (TPSA) is 43.4 Å². The molecule has 0 amide bonds. The molecule has 0 saturated carbocycles. The summed E-state index contributed by atoms with van der Waals surface area (Å²) >= 11 is 0. The fourth-order valence-corrected chi connectivity index (χ4v) is 3.81. The molecule has 0 heterocycles. The second kappa shape index (κ2) is 7.81. The minimum Gasteiger partial charge on any atom is -0.495 e. The maximum atomic E-state index is 13.0. The van der Waals surface area contributed by atoms with Crippen LogP contribution in [0.1, 0.15) is 11.1 Å². The van der Waals surface area contributed by atoms with E-state index in [-0.39, 0.29) is 9.80 Å². The Morgan fingerprint density at radius 2 is 1.28 bits per heavy atom. The molecule has 0 aliphatic carbocycles. The first kappa shape index (κ1) is 17.0. The summed E-state index contributed by atoms with van der Waals surface area (Å²) in [7, 11) is -3.67. The van der Waals surface area contributed by atoms with E-state index in [9.17, 15) is 8.42 Å². The lowest BCUT2D eigenvalue weighted by molar-refractivity contribution is 0.238. The third-order valence-corrected chi connectivity index (χ3v) is 5.49. The van der Waals surface area contributed by atoms with E-state index in [4.69, 9.17) is 4.74 Å².